The van der Waals surface area contributed by atoms with E-state index in [1.54, 1.807) is 0 Å². The van der Waals surface area contributed by atoms with E-state index in [-0.39, 0.29) is 0 Å². The molecule has 0 amide bonds. The predicted molar refractivity (Wildman–Crippen MR) is 48.4 cm³/mol. The van der Waals surface area contributed by atoms with Gasteiger partial charge in [-0.1, -0.05) is 0 Å². The van der Waals surface area contributed by atoms with Gasteiger partial charge >= 0.3 is 18.7 Å². The highest BCUT2D eigenvalue weighted by Gasteiger charge is 2.63. The van der Waals surface area contributed by atoms with Crippen LogP contribution in [0, 0.1) is 0 Å². The van der Waals surface area contributed by atoms with Crippen LogP contribution in [0.3, 0.4) is 0 Å². The number of hydrogen-bond donors (Lipinski definition) is 0. The zero-order chi connectivity index (χ0) is 14.8. The van der Waals surface area contributed by atoms with Crippen LogP contribution in [0.4, 0.5) is 30.7 Å². The summed E-state index contributed by atoms with van der Waals surface area (Å²) in [6, 6.07) is 2.46. The zero-order valence-electron chi connectivity index (χ0n) is 8.85. The lowest BCUT2D eigenvalue weighted by atomic mass is 10.1. The van der Waals surface area contributed by atoms with Crippen LogP contribution < -0.4 is 4.74 Å². The Morgan fingerprint density at radius 3 is 1.84 bits per heavy atom. The number of alkyl halides is 7. The van der Waals surface area contributed by atoms with Crippen molar-refractivity contribution in [2.75, 3.05) is 0 Å². The maximum Gasteiger partial charge on any atom is 0.461 e. The quantitative estimate of drug-likeness (QED) is 0.624. The molecule has 1 aromatic rings. The summed E-state index contributed by atoms with van der Waals surface area (Å²) in [4.78, 5) is 11.0. The fourth-order valence-corrected chi connectivity index (χ4v) is 1.10. The van der Waals surface area contributed by atoms with Crippen LogP contribution in [0.2, 0.25) is 0 Å². The summed E-state index contributed by atoms with van der Waals surface area (Å²) in [6.07, 6.45) is -6.03. The number of carbonyl (C=O) groups is 1. The topological polar surface area (TPSA) is 26.3 Å². The van der Waals surface area contributed by atoms with E-state index in [0.717, 1.165) is 0 Å². The number of benzene rings is 1. The normalized spacial score (nSPS) is 12.6. The molecule has 0 saturated heterocycles. The number of ether oxygens (including phenoxy) is 1. The minimum absolute atomic E-state index is 0.470. The van der Waals surface area contributed by atoms with Gasteiger partial charge in [0.15, 0.2) is 0 Å². The van der Waals surface area contributed by atoms with Gasteiger partial charge in [0.25, 0.3) is 0 Å². The molecule has 0 radical (unpaired) electrons. The Labute approximate surface area is 101 Å². The molecule has 0 aliphatic rings. The summed E-state index contributed by atoms with van der Waals surface area (Å²) < 4.78 is 88.5. The summed E-state index contributed by atoms with van der Waals surface area (Å²) >= 11 is 0. The molecule has 0 unspecified atom stereocenters. The highest BCUT2D eigenvalue weighted by Crippen LogP contribution is 2.38. The van der Waals surface area contributed by atoms with Crippen molar-refractivity contribution in [2.24, 2.45) is 0 Å². The lowest BCUT2D eigenvalue weighted by Crippen LogP contribution is -2.44. The van der Waals surface area contributed by atoms with E-state index in [4.69, 9.17) is 0 Å². The van der Waals surface area contributed by atoms with Crippen molar-refractivity contribution in [1.82, 2.24) is 0 Å². The third-order valence-electron chi connectivity index (χ3n) is 1.98. The smallest absolute Gasteiger partial charge is 0.435 e. The van der Waals surface area contributed by atoms with Crippen molar-refractivity contribution < 1.29 is 40.3 Å². The number of halogens is 7. The lowest BCUT2D eigenvalue weighted by Gasteiger charge is -2.18. The number of carbonyl (C=O) groups excluding carboxylic acids is 1. The van der Waals surface area contributed by atoms with Gasteiger partial charge in [-0.15, -0.1) is 0 Å². The van der Waals surface area contributed by atoms with Crippen LogP contribution in [0.15, 0.2) is 24.3 Å². The van der Waals surface area contributed by atoms with Crippen molar-refractivity contribution in [3.8, 4) is 5.75 Å². The Hall–Kier alpha value is -1.80. The molecule has 1 aromatic carbocycles. The van der Waals surface area contributed by atoms with Gasteiger partial charge in [-0.05, 0) is 24.3 Å². The van der Waals surface area contributed by atoms with E-state index in [1.165, 1.54) is 0 Å². The molecule has 0 aliphatic heterocycles. The van der Waals surface area contributed by atoms with Gasteiger partial charge in [0.2, 0.25) is 5.78 Å². The zero-order valence-corrected chi connectivity index (χ0v) is 8.85. The summed E-state index contributed by atoms with van der Waals surface area (Å²) in [6.45, 7) is -3.18. The molecule has 1 rings (SSSR count). The van der Waals surface area contributed by atoms with E-state index >= 15 is 0 Å². The molecule has 0 fully saturated rings. The van der Waals surface area contributed by atoms with Crippen LogP contribution >= 0.6 is 0 Å². The number of hydrogen-bond acceptors (Lipinski definition) is 2. The minimum atomic E-state index is -6.03. The molecule has 0 aliphatic carbocycles. The van der Waals surface area contributed by atoms with E-state index in [1.807, 2.05) is 0 Å². The SMILES string of the molecule is O=C(c1ccc(OC(F)F)cc1)C(F)(F)C(F)(F)F. The molecule has 0 saturated carbocycles. The standard InChI is InChI=1S/C10H5F7O2/c11-8(12)19-6-3-1-5(2-4-6)7(18)9(13,14)10(15,16)17/h1-4,8H. The third kappa shape index (κ3) is 3.36. The molecule has 9 heteroatoms. The number of rotatable bonds is 4. The van der Waals surface area contributed by atoms with E-state index in [0.29, 0.717) is 24.3 Å². The average Bonchev–Trinajstić information content (AvgIpc) is 2.26. The Kier molecular flexibility index (Phi) is 4.06. The van der Waals surface area contributed by atoms with Crippen LogP contribution in [0.5, 0.6) is 5.75 Å². The summed E-state index contributed by atoms with van der Waals surface area (Å²) in [5, 5.41) is 0. The maximum absolute atomic E-state index is 12.7. The van der Waals surface area contributed by atoms with Gasteiger partial charge in [0.1, 0.15) is 5.75 Å². The van der Waals surface area contributed by atoms with Gasteiger partial charge in [0, 0.05) is 5.56 Å². The highest BCUT2D eigenvalue weighted by atomic mass is 19.4. The van der Waals surface area contributed by atoms with Gasteiger partial charge in [-0.25, -0.2) is 0 Å². The first-order valence-electron chi connectivity index (χ1n) is 4.60. The molecular weight excluding hydrogens is 285 g/mol. The molecule has 0 atom stereocenters. The molecule has 0 heterocycles. The highest BCUT2D eigenvalue weighted by molar-refractivity contribution is 6.02. The fourth-order valence-electron chi connectivity index (χ4n) is 1.10. The Balaban J connectivity index is 2.96. The second kappa shape index (κ2) is 5.06. The first-order valence-corrected chi connectivity index (χ1v) is 4.60. The Morgan fingerprint density at radius 1 is 1.00 bits per heavy atom. The Morgan fingerprint density at radius 2 is 1.47 bits per heavy atom. The molecule has 2 nitrogen and oxygen atoms in total. The van der Waals surface area contributed by atoms with Crippen LogP contribution in [-0.2, 0) is 0 Å². The number of ketones is 1. The van der Waals surface area contributed by atoms with Gasteiger partial charge in [-0.3, -0.25) is 4.79 Å². The molecular formula is C10H5F7O2. The first kappa shape index (κ1) is 15.3. The summed E-state index contributed by atoms with van der Waals surface area (Å²) in [7, 11) is 0. The fraction of sp³-hybridized carbons (Fsp3) is 0.300. The van der Waals surface area contributed by atoms with Crippen LogP contribution in [-0.4, -0.2) is 24.5 Å². The Bertz CT molecular complexity index is 450. The van der Waals surface area contributed by atoms with Crippen molar-refractivity contribution in [1.29, 1.82) is 0 Å². The molecule has 0 bridgehead atoms. The van der Waals surface area contributed by atoms with E-state index < -0.39 is 35.8 Å². The van der Waals surface area contributed by atoms with E-state index in [2.05, 4.69) is 4.74 Å². The van der Waals surface area contributed by atoms with Crippen LogP contribution in [0.1, 0.15) is 10.4 Å². The van der Waals surface area contributed by atoms with Crippen molar-refractivity contribution in [3.05, 3.63) is 29.8 Å². The molecule has 0 N–H and O–H groups in total. The maximum atomic E-state index is 12.7. The predicted octanol–water partition coefficient (Wildman–Crippen LogP) is 3.67. The molecule has 0 aromatic heterocycles. The van der Waals surface area contributed by atoms with Gasteiger partial charge in [-0.2, -0.15) is 30.7 Å². The largest absolute Gasteiger partial charge is 0.461 e. The van der Waals surface area contributed by atoms with Crippen molar-refractivity contribution in [3.63, 3.8) is 0 Å². The summed E-state index contributed by atoms with van der Waals surface area (Å²) in [5.41, 5.74) is -0.969. The van der Waals surface area contributed by atoms with Gasteiger partial charge < -0.3 is 4.74 Å². The average molecular weight is 290 g/mol. The van der Waals surface area contributed by atoms with Gasteiger partial charge in [0.05, 0.1) is 0 Å². The third-order valence-corrected chi connectivity index (χ3v) is 1.98. The van der Waals surface area contributed by atoms with Crippen molar-refractivity contribution in [2.45, 2.75) is 18.7 Å². The second-order valence-electron chi connectivity index (χ2n) is 3.30. The molecule has 106 valence electrons. The molecule has 0 spiro atoms. The number of Topliss-reactive ketones (excluding diaryl/α,β-unsaturated/α-hetero) is 1. The van der Waals surface area contributed by atoms with Crippen molar-refractivity contribution >= 4 is 5.78 Å². The monoisotopic (exact) mass is 290 g/mol. The minimum Gasteiger partial charge on any atom is -0.435 e. The van der Waals surface area contributed by atoms with Crippen LogP contribution in [0.25, 0.3) is 0 Å². The first-order chi connectivity index (χ1) is 8.55. The second-order valence-corrected chi connectivity index (χ2v) is 3.30. The van der Waals surface area contributed by atoms with E-state index in [9.17, 15) is 35.5 Å². The molecule has 19 heavy (non-hydrogen) atoms. The summed E-state index contributed by atoms with van der Waals surface area (Å²) in [5.74, 6) is -8.48. The lowest BCUT2D eigenvalue weighted by molar-refractivity contribution is -0.255.